The Labute approximate surface area is 117 Å². The summed E-state index contributed by atoms with van der Waals surface area (Å²) in [7, 11) is 0. The number of rotatable bonds is 7. The lowest BCUT2D eigenvalue weighted by atomic mass is 10.3. The Morgan fingerprint density at radius 1 is 1.32 bits per heavy atom. The zero-order valence-electron chi connectivity index (χ0n) is 11.0. The van der Waals surface area contributed by atoms with Gasteiger partial charge in [-0.15, -0.1) is 11.8 Å². The van der Waals surface area contributed by atoms with Crippen molar-refractivity contribution in [2.24, 2.45) is 0 Å². The average molecular weight is 282 g/mol. The largest absolute Gasteiger partial charge is 0.480 e. The summed E-state index contributed by atoms with van der Waals surface area (Å²) in [5.74, 6) is -1.14. The molecule has 0 radical (unpaired) electrons. The van der Waals surface area contributed by atoms with Crippen LogP contribution in [0.2, 0.25) is 0 Å². The molecule has 0 aliphatic carbocycles. The van der Waals surface area contributed by atoms with Crippen LogP contribution in [-0.2, 0) is 9.59 Å². The molecule has 2 N–H and O–H groups in total. The number of hydrogen-bond acceptors (Lipinski definition) is 4. The van der Waals surface area contributed by atoms with Gasteiger partial charge < -0.3 is 10.4 Å². The molecule has 1 aromatic carbocycles. The highest BCUT2D eigenvalue weighted by molar-refractivity contribution is 7.98. The second-order valence-electron chi connectivity index (χ2n) is 3.95. The van der Waals surface area contributed by atoms with Gasteiger partial charge in [-0.05, 0) is 24.9 Å². The van der Waals surface area contributed by atoms with Crippen molar-refractivity contribution in [3.05, 3.63) is 24.3 Å². The van der Waals surface area contributed by atoms with Crippen LogP contribution in [0.3, 0.4) is 0 Å². The van der Waals surface area contributed by atoms with Gasteiger partial charge in [0.2, 0.25) is 5.91 Å². The Morgan fingerprint density at radius 2 is 2.00 bits per heavy atom. The van der Waals surface area contributed by atoms with Gasteiger partial charge in [0.15, 0.2) is 0 Å². The Bertz CT molecular complexity index is 451. The van der Waals surface area contributed by atoms with Crippen molar-refractivity contribution in [3.8, 4) is 0 Å². The molecule has 104 valence electrons. The Morgan fingerprint density at radius 3 is 2.58 bits per heavy atom. The number of carbonyl (C=O) groups is 2. The van der Waals surface area contributed by atoms with Gasteiger partial charge in [0, 0.05) is 4.90 Å². The van der Waals surface area contributed by atoms with Gasteiger partial charge in [-0.3, -0.25) is 14.5 Å². The van der Waals surface area contributed by atoms with Gasteiger partial charge in [0.25, 0.3) is 0 Å². The molecule has 0 bridgehead atoms. The summed E-state index contributed by atoms with van der Waals surface area (Å²) >= 11 is 1.55. The number of likely N-dealkylation sites (N-methyl/N-ethyl adjacent to an activating group) is 1. The van der Waals surface area contributed by atoms with Crippen LogP contribution < -0.4 is 5.32 Å². The minimum atomic E-state index is -0.931. The number of amides is 1. The van der Waals surface area contributed by atoms with Crippen molar-refractivity contribution < 1.29 is 14.7 Å². The fraction of sp³-hybridized carbons (Fsp3) is 0.385. The lowest BCUT2D eigenvalue weighted by Gasteiger charge is -2.17. The average Bonchev–Trinajstić information content (AvgIpc) is 2.38. The molecule has 0 saturated heterocycles. The Kier molecular flexibility index (Phi) is 6.38. The lowest BCUT2D eigenvalue weighted by molar-refractivity contribution is -0.138. The minimum Gasteiger partial charge on any atom is -0.480 e. The van der Waals surface area contributed by atoms with Gasteiger partial charge in [-0.2, -0.15) is 0 Å². The van der Waals surface area contributed by atoms with E-state index >= 15 is 0 Å². The molecule has 0 heterocycles. The summed E-state index contributed by atoms with van der Waals surface area (Å²) in [6.45, 7) is 2.29. The van der Waals surface area contributed by atoms with E-state index in [9.17, 15) is 9.59 Å². The van der Waals surface area contributed by atoms with Crippen LogP contribution in [0, 0.1) is 0 Å². The molecule has 0 aliphatic heterocycles. The zero-order chi connectivity index (χ0) is 14.3. The minimum absolute atomic E-state index is 0.0749. The molecule has 1 rings (SSSR count). The molecule has 0 aromatic heterocycles. The number of thioether (sulfide) groups is 1. The molecule has 0 unspecified atom stereocenters. The molecule has 5 nitrogen and oxygen atoms in total. The van der Waals surface area contributed by atoms with E-state index in [1.54, 1.807) is 16.7 Å². The first kappa shape index (κ1) is 15.5. The smallest absolute Gasteiger partial charge is 0.317 e. The quantitative estimate of drug-likeness (QED) is 0.746. The van der Waals surface area contributed by atoms with E-state index in [-0.39, 0.29) is 19.0 Å². The van der Waals surface area contributed by atoms with Crippen LogP contribution in [0.1, 0.15) is 6.92 Å². The molecule has 0 spiro atoms. The lowest BCUT2D eigenvalue weighted by Crippen LogP contribution is -2.36. The van der Waals surface area contributed by atoms with E-state index in [4.69, 9.17) is 5.11 Å². The van der Waals surface area contributed by atoms with Gasteiger partial charge in [0.05, 0.1) is 18.8 Å². The summed E-state index contributed by atoms with van der Waals surface area (Å²) in [4.78, 5) is 25.1. The number of carbonyl (C=O) groups excluding carboxylic acids is 1. The highest BCUT2D eigenvalue weighted by atomic mass is 32.2. The first-order valence-corrected chi connectivity index (χ1v) is 7.16. The van der Waals surface area contributed by atoms with Crippen molar-refractivity contribution in [1.29, 1.82) is 0 Å². The summed E-state index contributed by atoms with van der Waals surface area (Å²) in [5, 5.41) is 11.5. The van der Waals surface area contributed by atoms with E-state index in [1.807, 2.05) is 37.4 Å². The standard InChI is InChI=1S/C13H18N2O3S/c1-3-15(9-13(17)18)8-12(16)14-10-6-4-5-7-11(10)19-2/h4-7H,3,8-9H2,1-2H3,(H,14,16)(H,17,18). The Balaban J connectivity index is 2.61. The molecular weight excluding hydrogens is 264 g/mol. The number of hydrogen-bond donors (Lipinski definition) is 2. The number of anilines is 1. The first-order chi connectivity index (χ1) is 9.06. The van der Waals surface area contributed by atoms with Crippen molar-refractivity contribution in [3.63, 3.8) is 0 Å². The van der Waals surface area contributed by atoms with E-state index in [0.29, 0.717) is 6.54 Å². The number of nitrogens with zero attached hydrogens (tertiary/aromatic N) is 1. The molecule has 1 aromatic rings. The van der Waals surface area contributed by atoms with Crippen LogP contribution in [-0.4, -0.2) is 47.8 Å². The second kappa shape index (κ2) is 7.81. The topological polar surface area (TPSA) is 69.6 Å². The number of carboxylic acids is 1. The van der Waals surface area contributed by atoms with Crippen molar-refractivity contribution in [2.75, 3.05) is 31.2 Å². The third-order valence-corrected chi connectivity index (χ3v) is 3.35. The third-order valence-electron chi connectivity index (χ3n) is 2.55. The van der Waals surface area contributed by atoms with Crippen LogP contribution in [0.4, 0.5) is 5.69 Å². The highest BCUT2D eigenvalue weighted by Crippen LogP contribution is 2.24. The van der Waals surface area contributed by atoms with E-state index in [1.165, 1.54) is 0 Å². The third kappa shape index (κ3) is 5.32. The van der Waals surface area contributed by atoms with Crippen LogP contribution >= 0.6 is 11.8 Å². The number of aliphatic carboxylic acids is 1. The van der Waals surface area contributed by atoms with Crippen LogP contribution in [0.5, 0.6) is 0 Å². The molecular formula is C13H18N2O3S. The number of nitrogens with one attached hydrogen (secondary N) is 1. The fourth-order valence-corrected chi connectivity index (χ4v) is 2.17. The summed E-state index contributed by atoms with van der Waals surface area (Å²) in [6.07, 6.45) is 1.94. The SMILES string of the molecule is CCN(CC(=O)O)CC(=O)Nc1ccccc1SC. The van der Waals surface area contributed by atoms with Gasteiger partial charge in [-0.1, -0.05) is 19.1 Å². The summed E-state index contributed by atoms with van der Waals surface area (Å²) in [5.41, 5.74) is 0.756. The molecule has 6 heteroatoms. The number of para-hydroxylation sites is 1. The highest BCUT2D eigenvalue weighted by Gasteiger charge is 2.13. The zero-order valence-corrected chi connectivity index (χ0v) is 11.9. The maximum atomic E-state index is 11.9. The van der Waals surface area contributed by atoms with Gasteiger partial charge >= 0.3 is 5.97 Å². The molecule has 0 saturated carbocycles. The molecule has 0 aliphatic rings. The second-order valence-corrected chi connectivity index (χ2v) is 4.79. The van der Waals surface area contributed by atoms with Crippen molar-refractivity contribution in [2.45, 2.75) is 11.8 Å². The maximum absolute atomic E-state index is 11.9. The van der Waals surface area contributed by atoms with E-state index in [0.717, 1.165) is 10.6 Å². The fourth-order valence-electron chi connectivity index (χ4n) is 1.61. The van der Waals surface area contributed by atoms with Gasteiger partial charge in [0.1, 0.15) is 0 Å². The maximum Gasteiger partial charge on any atom is 0.317 e. The number of carboxylic acid groups (broad SMARTS) is 1. The van der Waals surface area contributed by atoms with Crippen molar-refractivity contribution >= 4 is 29.3 Å². The van der Waals surface area contributed by atoms with Crippen LogP contribution in [0.25, 0.3) is 0 Å². The normalized spacial score (nSPS) is 10.5. The molecule has 19 heavy (non-hydrogen) atoms. The number of benzene rings is 1. The molecule has 1 amide bonds. The monoisotopic (exact) mass is 282 g/mol. The van der Waals surface area contributed by atoms with E-state index in [2.05, 4.69) is 5.32 Å². The predicted molar refractivity (Wildman–Crippen MR) is 76.6 cm³/mol. The molecule has 0 atom stereocenters. The molecule has 0 fully saturated rings. The summed E-state index contributed by atoms with van der Waals surface area (Å²) in [6, 6.07) is 7.51. The van der Waals surface area contributed by atoms with E-state index < -0.39 is 5.97 Å². The van der Waals surface area contributed by atoms with Gasteiger partial charge in [-0.25, -0.2) is 0 Å². The van der Waals surface area contributed by atoms with Crippen LogP contribution in [0.15, 0.2) is 29.2 Å². The first-order valence-electron chi connectivity index (χ1n) is 5.93. The van der Waals surface area contributed by atoms with Crippen molar-refractivity contribution in [1.82, 2.24) is 4.90 Å². The predicted octanol–water partition coefficient (Wildman–Crippen LogP) is 1.75. The Hall–Kier alpha value is -1.53. The summed E-state index contributed by atoms with van der Waals surface area (Å²) < 4.78 is 0.